The number of aromatic nitrogens is 1. The first-order valence-corrected chi connectivity index (χ1v) is 6.57. The third-order valence-corrected chi connectivity index (χ3v) is 3.73. The van der Waals surface area contributed by atoms with E-state index >= 15 is 0 Å². The predicted octanol–water partition coefficient (Wildman–Crippen LogP) is 2.00. The fourth-order valence-electron chi connectivity index (χ4n) is 1.33. The van der Waals surface area contributed by atoms with Crippen LogP contribution < -0.4 is 11.1 Å². The molecule has 96 valence electrons. The Morgan fingerprint density at radius 1 is 1.53 bits per heavy atom. The number of aryl methyl sites for hydroxylation is 1. The molecule has 1 amide bonds. The highest BCUT2D eigenvalue weighted by Crippen LogP contribution is 2.20. The maximum Gasteiger partial charge on any atom is 0.238 e. The van der Waals surface area contributed by atoms with Crippen LogP contribution in [-0.4, -0.2) is 16.9 Å². The number of hydrogen-bond donors (Lipinski definition) is 2. The highest BCUT2D eigenvalue weighted by Gasteiger charge is 2.28. The summed E-state index contributed by atoms with van der Waals surface area (Å²) in [4.78, 5) is 16.3. The van der Waals surface area contributed by atoms with Crippen LogP contribution in [0.2, 0.25) is 0 Å². The molecule has 1 rings (SSSR count). The third kappa shape index (κ3) is 3.78. The molecule has 17 heavy (non-hydrogen) atoms. The topological polar surface area (TPSA) is 68.0 Å². The van der Waals surface area contributed by atoms with Crippen molar-refractivity contribution in [3.63, 3.8) is 0 Å². The van der Waals surface area contributed by atoms with Crippen molar-refractivity contribution in [1.29, 1.82) is 0 Å². The Labute approximate surface area is 107 Å². The summed E-state index contributed by atoms with van der Waals surface area (Å²) < 4.78 is 0. The predicted molar refractivity (Wildman–Crippen MR) is 70.8 cm³/mol. The van der Waals surface area contributed by atoms with E-state index in [0.29, 0.717) is 0 Å². The third-order valence-electron chi connectivity index (χ3n) is 2.58. The van der Waals surface area contributed by atoms with Gasteiger partial charge in [0.15, 0.2) is 0 Å². The Morgan fingerprint density at radius 3 is 2.53 bits per heavy atom. The lowest BCUT2D eigenvalue weighted by Gasteiger charge is -2.27. The average molecular weight is 255 g/mol. The molecule has 0 bridgehead atoms. The summed E-state index contributed by atoms with van der Waals surface area (Å²) in [6, 6.07) is -0.597. The maximum absolute atomic E-state index is 11.9. The van der Waals surface area contributed by atoms with Crippen molar-refractivity contribution in [2.45, 2.75) is 46.7 Å². The zero-order valence-corrected chi connectivity index (χ0v) is 11.9. The van der Waals surface area contributed by atoms with E-state index in [0.717, 1.165) is 10.7 Å². The van der Waals surface area contributed by atoms with Crippen LogP contribution in [0.5, 0.6) is 0 Å². The second kappa shape index (κ2) is 5.14. The molecule has 1 heterocycles. The molecular weight excluding hydrogens is 234 g/mol. The Bertz CT molecular complexity index is 395. The van der Waals surface area contributed by atoms with Crippen molar-refractivity contribution in [1.82, 2.24) is 10.3 Å². The van der Waals surface area contributed by atoms with Crippen LogP contribution >= 0.6 is 11.3 Å². The van der Waals surface area contributed by atoms with Gasteiger partial charge in [0, 0.05) is 11.1 Å². The second-order valence-electron chi connectivity index (χ2n) is 5.40. The molecule has 0 saturated heterocycles. The van der Waals surface area contributed by atoms with Gasteiger partial charge in [0.05, 0.1) is 12.1 Å². The lowest BCUT2D eigenvalue weighted by Crippen LogP contribution is -2.49. The van der Waals surface area contributed by atoms with E-state index in [1.165, 1.54) is 0 Å². The number of thiazole rings is 1. The van der Waals surface area contributed by atoms with Gasteiger partial charge in [-0.1, -0.05) is 20.8 Å². The number of rotatable bonds is 3. The zero-order chi connectivity index (χ0) is 13.2. The minimum absolute atomic E-state index is 0.0883. The maximum atomic E-state index is 11.9. The van der Waals surface area contributed by atoms with Gasteiger partial charge in [-0.2, -0.15) is 0 Å². The van der Waals surface area contributed by atoms with Crippen LogP contribution in [0.15, 0.2) is 5.38 Å². The van der Waals surface area contributed by atoms with Gasteiger partial charge in [0.25, 0.3) is 0 Å². The molecule has 4 nitrogen and oxygen atoms in total. The summed E-state index contributed by atoms with van der Waals surface area (Å²) in [6.45, 7) is 9.72. The first-order valence-electron chi connectivity index (χ1n) is 5.70. The number of nitrogens with one attached hydrogen (secondary N) is 1. The van der Waals surface area contributed by atoms with Crippen LogP contribution in [0.1, 0.15) is 44.4 Å². The molecule has 1 unspecified atom stereocenters. The van der Waals surface area contributed by atoms with Crippen LogP contribution in [0.25, 0.3) is 0 Å². The minimum Gasteiger partial charge on any atom is -0.346 e. The van der Waals surface area contributed by atoms with Crippen LogP contribution in [0, 0.1) is 12.3 Å². The van der Waals surface area contributed by atoms with Crippen molar-refractivity contribution in [3.8, 4) is 0 Å². The average Bonchev–Trinajstić information content (AvgIpc) is 2.62. The minimum atomic E-state index is -0.508. The Hall–Kier alpha value is -0.940. The lowest BCUT2D eigenvalue weighted by molar-refractivity contribution is -0.125. The van der Waals surface area contributed by atoms with Gasteiger partial charge in [0.2, 0.25) is 5.91 Å². The lowest BCUT2D eigenvalue weighted by atomic mass is 9.87. The fourth-order valence-corrected chi connectivity index (χ4v) is 2.13. The van der Waals surface area contributed by atoms with Crippen LogP contribution in [0.3, 0.4) is 0 Å². The molecule has 0 saturated carbocycles. The normalized spacial score (nSPS) is 15.4. The quantitative estimate of drug-likeness (QED) is 0.868. The Morgan fingerprint density at radius 2 is 2.12 bits per heavy atom. The molecule has 0 radical (unpaired) electrons. The Balaban J connectivity index is 2.63. The van der Waals surface area contributed by atoms with E-state index in [-0.39, 0.29) is 17.4 Å². The SMILES string of the molecule is Cc1csc(C(C)NC(=O)[C@@H](N)C(C)(C)C)n1. The highest BCUT2D eigenvalue weighted by atomic mass is 32.1. The number of nitrogens with two attached hydrogens (primary N) is 1. The summed E-state index contributed by atoms with van der Waals surface area (Å²) in [6.07, 6.45) is 0. The van der Waals surface area contributed by atoms with Crippen molar-refractivity contribution in [2.24, 2.45) is 11.1 Å². The van der Waals surface area contributed by atoms with E-state index < -0.39 is 6.04 Å². The molecular formula is C12H21N3OS. The van der Waals surface area contributed by atoms with Crippen molar-refractivity contribution >= 4 is 17.2 Å². The summed E-state index contributed by atoms with van der Waals surface area (Å²) in [5, 5.41) is 5.79. The monoisotopic (exact) mass is 255 g/mol. The molecule has 0 aliphatic rings. The fraction of sp³-hybridized carbons (Fsp3) is 0.667. The van der Waals surface area contributed by atoms with E-state index in [1.54, 1.807) is 11.3 Å². The standard InChI is InChI=1S/C12H21N3OS/c1-7-6-17-11(14-7)8(2)15-10(16)9(13)12(3,4)5/h6,8-9H,13H2,1-5H3,(H,15,16)/t8?,9-/m1/s1. The van der Waals surface area contributed by atoms with Gasteiger partial charge >= 0.3 is 0 Å². The van der Waals surface area contributed by atoms with Crippen LogP contribution in [-0.2, 0) is 4.79 Å². The first-order chi connectivity index (χ1) is 7.71. The van der Waals surface area contributed by atoms with E-state index in [2.05, 4.69) is 10.3 Å². The summed E-state index contributed by atoms with van der Waals surface area (Å²) in [7, 11) is 0. The van der Waals surface area contributed by atoms with Gasteiger partial charge < -0.3 is 11.1 Å². The number of carbonyl (C=O) groups is 1. The van der Waals surface area contributed by atoms with Gasteiger partial charge in [-0.3, -0.25) is 4.79 Å². The van der Waals surface area contributed by atoms with Crippen molar-refractivity contribution in [2.75, 3.05) is 0 Å². The molecule has 0 aliphatic heterocycles. The largest absolute Gasteiger partial charge is 0.346 e. The number of amides is 1. The van der Waals surface area contributed by atoms with Crippen molar-refractivity contribution in [3.05, 3.63) is 16.1 Å². The molecule has 0 spiro atoms. The molecule has 0 fully saturated rings. The smallest absolute Gasteiger partial charge is 0.238 e. The molecule has 2 atom stereocenters. The van der Waals surface area contributed by atoms with Gasteiger partial charge in [-0.25, -0.2) is 4.98 Å². The van der Waals surface area contributed by atoms with E-state index in [4.69, 9.17) is 5.73 Å². The summed E-state index contributed by atoms with van der Waals surface area (Å²) in [5.41, 5.74) is 6.64. The van der Waals surface area contributed by atoms with Gasteiger partial charge in [-0.15, -0.1) is 11.3 Å². The molecule has 0 aromatic carbocycles. The van der Waals surface area contributed by atoms with Gasteiger partial charge in [-0.05, 0) is 19.3 Å². The molecule has 1 aromatic heterocycles. The second-order valence-corrected chi connectivity index (χ2v) is 6.29. The molecule has 1 aromatic rings. The first kappa shape index (κ1) is 14.1. The molecule has 3 N–H and O–H groups in total. The van der Waals surface area contributed by atoms with Crippen LogP contribution in [0.4, 0.5) is 0 Å². The zero-order valence-electron chi connectivity index (χ0n) is 11.1. The Kier molecular flexibility index (Phi) is 4.27. The van der Waals surface area contributed by atoms with E-state index in [9.17, 15) is 4.79 Å². The van der Waals surface area contributed by atoms with Gasteiger partial charge in [0.1, 0.15) is 5.01 Å². The van der Waals surface area contributed by atoms with Crippen molar-refractivity contribution < 1.29 is 4.79 Å². The summed E-state index contributed by atoms with van der Waals surface area (Å²) >= 11 is 1.55. The number of carbonyl (C=O) groups excluding carboxylic acids is 1. The highest BCUT2D eigenvalue weighted by molar-refractivity contribution is 7.09. The number of nitrogens with zero attached hydrogens (tertiary/aromatic N) is 1. The number of hydrogen-bond acceptors (Lipinski definition) is 4. The molecule has 0 aliphatic carbocycles. The summed E-state index contributed by atoms with van der Waals surface area (Å²) in [5.74, 6) is -0.127. The van der Waals surface area contributed by atoms with E-state index in [1.807, 2.05) is 40.0 Å². The molecule has 5 heteroatoms.